The van der Waals surface area contributed by atoms with Crippen molar-refractivity contribution in [3.63, 3.8) is 0 Å². The van der Waals surface area contributed by atoms with Crippen LogP contribution in [0.25, 0.3) is 5.69 Å². The molecule has 2 aromatic rings. The Balaban J connectivity index is 0.000000752. The molecule has 0 radical (unpaired) electrons. The fourth-order valence-electron chi connectivity index (χ4n) is 2.89. The summed E-state index contributed by atoms with van der Waals surface area (Å²) in [4.78, 5) is 75.5. The van der Waals surface area contributed by atoms with E-state index in [4.69, 9.17) is 36.0 Å². The smallest absolute Gasteiger partial charge is 0.431 e. The van der Waals surface area contributed by atoms with Gasteiger partial charge in [0, 0.05) is 13.1 Å². The maximum Gasteiger partial charge on any atom is 0.431 e. The summed E-state index contributed by atoms with van der Waals surface area (Å²) in [5.41, 5.74) is -6.27. The third-order valence-electron chi connectivity index (χ3n) is 4.80. The first-order valence-electron chi connectivity index (χ1n) is 11.3. The number of benzene rings is 1. The number of carbonyl (C=O) groups excluding carboxylic acids is 2. The van der Waals surface area contributed by atoms with Gasteiger partial charge >= 0.3 is 37.4 Å². The van der Waals surface area contributed by atoms with Crippen molar-refractivity contribution in [1.82, 2.24) is 14.5 Å². The van der Waals surface area contributed by atoms with Gasteiger partial charge < -0.3 is 24.4 Å². The number of halogens is 4. The zero-order chi connectivity index (χ0) is 32.6. The molecule has 19 heteroatoms. The molecule has 1 aromatic heterocycles. The number of hydrogen-bond acceptors (Lipinski definition) is 9. The summed E-state index contributed by atoms with van der Waals surface area (Å²) >= 11 is 6.02. The Morgan fingerprint density at radius 3 is 2.26 bits per heavy atom. The lowest BCUT2D eigenvalue weighted by Crippen LogP contribution is -2.41. The van der Waals surface area contributed by atoms with E-state index in [1.54, 1.807) is 0 Å². The highest BCUT2D eigenvalue weighted by atomic mass is 35.5. The number of carboxylic acids is 1. The highest BCUT2D eigenvalue weighted by Crippen LogP contribution is 2.31. The number of alkyl halides is 3. The van der Waals surface area contributed by atoms with Crippen molar-refractivity contribution in [2.75, 3.05) is 19.4 Å². The third-order valence-corrected chi connectivity index (χ3v) is 5.77. The van der Waals surface area contributed by atoms with E-state index in [0.29, 0.717) is 4.57 Å². The first kappa shape index (κ1) is 36.3. The van der Waals surface area contributed by atoms with Gasteiger partial charge in [0.1, 0.15) is 12.3 Å². The van der Waals surface area contributed by atoms with Gasteiger partial charge in [-0.25, -0.2) is 19.0 Å². The maximum atomic E-state index is 13.0. The van der Waals surface area contributed by atoms with Crippen LogP contribution in [0.1, 0.15) is 29.9 Å². The molecule has 0 saturated carbocycles. The molecule has 0 aliphatic carbocycles. The van der Waals surface area contributed by atoms with Crippen molar-refractivity contribution in [2.45, 2.75) is 25.6 Å². The van der Waals surface area contributed by atoms with E-state index in [0.717, 1.165) is 19.2 Å². The summed E-state index contributed by atoms with van der Waals surface area (Å²) in [5, 5.41) is 9.91. The highest BCUT2D eigenvalue weighted by molar-refractivity contribution is 7.51. The van der Waals surface area contributed by atoms with E-state index in [2.05, 4.69) is 11.9 Å². The number of ether oxygens (including phenoxy) is 2. The van der Waals surface area contributed by atoms with Crippen LogP contribution in [0, 0.1) is 0 Å². The molecule has 0 atom stereocenters. The third kappa shape index (κ3) is 10.6. The van der Waals surface area contributed by atoms with Gasteiger partial charge in [-0.05, 0) is 32.0 Å². The Labute approximate surface area is 240 Å². The minimum absolute atomic E-state index is 0.115. The number of hydrogen-bond donors (Lipinski definition) is 4. The molecule has 42 heavy (non-hydrogen) atoms. The number of carboxylic acid groups (broad SMARTS) is 1. The zero-order valence-corrected chi connectivity index (χ0v) is 23.8. The van der Waals surface area contributed by atoms with Gasteiger partial charge in [0.25, 0.3) is 5.56 Å². The van der Waals surface area contributed by atoms with Gasteiger partial charge in [0.2, 0.25) is 5.60 Å². The van der Waals surface area contributed by atoms with Gasteiger partial charge in [-0.1, -0.05) is 24.3 Å². The van der Waals surface area contributed by atoms with Crippen molar-refractivity contribution in [3.05, 3.63) is 74.0 Å². The molecule has 0 fully saturated rings. The molecule has 0 amide bonds. The second-order valence-corrected chi connectivity index (χ2v) is 10.7. The molecule has 0 bridgehead atoms. The fraction of sp³-hybridized carbons (Fsp3) is 0.348. The number of carbonyl (C=O) groups is 3. The van der Waals surface area contributed by atoms with Crippen LogP contribution in [0.15, 0.2) is 46.5 Å². The lowest BCUT2D eigenvalue weighted by atomic mass is 10.1. The number of aliphatic carboxylic acids is 1. The molecule has 0 aliphatic heterocycles. The van der Waals surface area contributed by atoms with E-state index in [9.17, 15) is 41.7 Å². The fourth-order valence-corrected chi connectivity index (χ4v) is 3.49. The summed E-state index contributed by atoms with van der Waals surface area (Å²) in [6.45, 7) is 5.37. The largest absolute Gasteiger partial charge is 0.480 e. The van der Waals surface area contributed by atoms with Crippen molar-refractivity contribution in [3.8, 4) is 5.69 Å². The molecule has 2 rings (SSSR count). The summed E-state index contributed by atoms with van der Waals surface area (Å²) in [5.74, 6) is -3.10. The first-order chi connectivity index (χ1) is 19.1. The Hall–Kier alpha value is -3.76. The van der Waals surface area contributed by atoms with Crippen LogP contribution in [-0.2, 0) is 36.9 Å². The minimum atomic E-state index is -4.92. The Kier molecular flexibility index (Phi) is 12.5. The van der Waals surface area contributed by atoms with Gasteiger partial charge in [-0.2, -0.15) is 13.2 Å². The molecular weight excluding hydrogens is 618 g/mol. The number of nitrogens with one attached hydrogen (secondary N) is 1. The van der Waals surface area contributed by atoms with E-state index in [1.807, 2.05) is 0 Å². The predicted molar refractivity (Wildman–Crippen MR) is 140 cm³/mol. The molecule has 4 N–H and O–H groups in total. The van der Waals surface area contributed by atoms with Crippen LogP contribution in [0.4, 0.5) is 13.2 Å². The van der Waals surface area contributed by atoms with E-state index < -0.39 is 67.1 Å². The average Bonchev–Trinajstić information content (AvgIpc) is 2.84. The quantitative estimate of drug-likeness (QED) is 0.166. The van der Waals surface area contributed by atoms with Gasteiger partial charge in [-0.3, -0.25) is 24.0 Å². The van der Waals surface area contributed by atoms with Gasteiger partial charge in [0.05, 0.1) is 29.1 Å². The Morgan fingerprint density at radius 1 is 1.17 bits per heavy atom. The molecule has 1 aromatic carbocycles. The molecule has 0 aliphatic rings. The van der Waals surface area contributed by atoms with Gasteiger partial charge in [0.15, 0.2) is 0 Å². The average molecular weight is 644 g/mol. The first-order valence-corrected chi connectivity index (χ1v) is 13.5. The second-order valence-electron chi connectivity index (χ2n) is 8.64. The summed E-state index contributed by atoms with van der Waals surface area (Å²) in [7, 11) is -3.25. The van der Waals surface area contributed by atoms with Crippen LogP contribution >= 0.6 is 19.2 Å². The molecule has 232 valence electrons. The molecular formula is C23H26ClF3N3O11P. The predicted octanol–water partition coefficient (Wildman–Crippen LogP) is 1.67. The van der Waals surface area contributed by atoms with E-state index >= 15 is 0 Å². The van der Waals surface area contributed by atoms with E-state index in [1.165, 1.54) is 26.0 Å². The Bertz CT molecular complexity index is 1510. The molecule has 0 spiro atoms. The van der Waals surface area contributed by atoms with Crippen molar-refractivity contribution in [1.29, 1.82) is 0 Å². The highest BCUT2D eigenvalue weighted by Gasteiger charge is 2.36. The summed E-state index contributed by atoms with van der Waals surface area (Å²) < 4.78 is 59.9. The van der Waals surface area contributed by atoms with Crippen molar-refractivity contribution >= 4 is 37.1 Å². The standard InChI is InChI=1S/C20H18ClF3N2O6.C3H8NO5P/c1-5-8-31-17(29)19(2,3)32-16(28)12-9-11(6-7-13(12)21)26-15(27)10-14(20(22,23)24)25(4)18(26)30;5-3(6)1-4-2-10(7,8)9/h5-7,9-10H,1,8H2,2-4H3;4H,1-2H2,(H,5,6)(H2,7,8,9). The lowest BCUT2D eigenvalue weighted by Gasteiger charge is -2.23. The molecule has 0 unspecified atom stereocenters. The topological polar surface area (TPSA) is 203 Å². The van der Waals surface area contributed by atoms with Crippen LogP contribution in [0.5, 0.6) is 0 Å². The number of rotatable bonds is 10. The maximum absolute atomic E-state index is 13.0. The minimum Gasteiger partial charge on any atom is -0.480 e. The van der Waals surface area contributed by atoms with Crippen LogP contribution in [0.2, 0.25) is 5.02 Å². The Morgan fingerprint density at radius 2 is 1.76 bits per heavy atom. The summed E-state index contributed by atoms with van der Waals surface area (Å²) in [6.07, 6.45) is -4.20. The van der Waals surface area contributed by atoms with Gasteiger partial charge in [-0.15, -0.1) is 0 Å². The molecule has 1 heterocycles. The second kappa shape index (κ2) is 14.4. The monoisotopic (exact) mass is 643 g/mol. The van der Waals surface area contributed by atoms with E-state index in [-0.39, 0.29) is 33.5 Å². The number of esters is 2. The van der Waals surface area contributed by atoms with Crippen molar-refractivity contribution < 1.29 is 56.5 Å². The van der Waals surface area contributed by atoms with Crippen LogP contribution in [-0.4, -0.2) is 67.0 Å². The number of nitrogens with zero attached hydrogens (tertiary/aromatic N) is 2. The molecule has 14 nitrogen and oxygen atoms in total. The summed E-state index contributed by atoms with van der Waals surface area (Å²) in [6, 6.07) is 3.57. The van der Waals surface area contributed by atoms with Crippen molar-refractivity contribution in [2.24, 2.45) is 7.05 Å². The molecule has 0 saturated heterocycles. The zero-order valence-electron chi connectivity index (χ0n) is 22.2. The van der Waals surface area contributed by atoms with Crippen LogP contribution in [0.3, 0.4) is 0 Å². The SMILES string of the molecule is C=CCOC(=O)C(C)(C)OC(=O)c1cc(-n2c(=O)cc(C(F)(F)F)n(C)c2=O)ccc1Cl.O=C(O)CNCP(=O)(O)O. The van der Waals surface area contributed by atoms with Crippen LogP contribution < -0.4 is 16.6 Å². The normalized spacial score (nSPS) is 11.6. The lowest BCUT2D eigenvalue weighted by molar-refractivity contribution is -0.161. The number of aromatic nitrogens is 2.